The molecule has 5 rings (SSSR count). The summed E-state index contributed by atoms with van der Waals surface area (Å²) < 4.78 is 47.8. The summed E-state index contributed by atoms with van der Waals surface area (Å²) >= 11 is 0. The third-order valence-corrected chi connectivity index (χ3v) is 5.61. The number of methoxy groups -OCH3 is 1. The van der Waals surface area contributed by atoms with Gasteiger partial charge in [0.1, 0.15) is 6.61 Å². The maximum Gasteiger partial charge on any atom is 0.415 e. The highest BCUT2D eigenvalue weighted by Gasteiger charge is 2.35. The highest BCUT2D eigenvalue weighted by atomic mass is 19.1. The first-order valence-electron chi connectivity index (χ1n) is 11.1. The summed E-state index contributed by atoms with van der Waals surface area (Å²) in [6.07, 6.45) is -1.35. The topological polar surface area (TPSA) is 95.7 Å². The highest BCUT2D eigenvalue weighted by Crippen LogP contribution is 2.42. The second-order valence-electron chi connectivity index (χ2n) is 8.09. The Labute approximate surface area is 191 Å². The van der Waals surface area contributed by atoms with Crippen molar-refractivity contribution < 1.29 is 37.4 Å². The van der Waals surface area contributed by atoms with Gasteiger partial charge in [0.05, 0.1) is 43.0 Å². The number of aromatic nitrogens is 1. The molecule has 3 fully saturated rings. The molecule has 1 aromatic heterocycles. The van der Waals surface area contributed by atoms with Crippen LogP contribution in [0.2, 0.25) is 0 Å². The number of morpholine rings is 1. The number of rotatable bonds is 4. The van der Waals surface area contributed by atoms with Gasteiger partial charge in [0, 0.05) is 32.4 Å². The Bertz CT molecular complexity index is 967. The number of benzene rings is 1. The van der Waals surface area contributed by atoms with Crippen LogP contribution in [-0.2, 0) is 23.7 Å². The average Bonchev–Trinajstić information content (AvgIpc) is 3.53. The van der Waals surface area contributed by atoms with E-state index in [1.54, 1.807) is 13.2 Å². The van der Waals surface area contributed by atoms with E-state index in [2.05, 4.69) is 9.89 Å². The van der Waals surface area contributed by atoms with Crippen LogP contribution in [0.5, 0.6) is 0 Å². The van der Waals surface area contributed by atoms with Gasteiger partial charge < -0.3 is 33.1 Å². The molecule has 1 aromatic carbocycles. The van der Waals surface area contributed by atoms with E-state index in [1.807, 2.05) is 25.7 Å². The molecule has 3 aliphatic heterocycles. The second-order valence-corrected chi connectivity index (χ2v) is 8.09. The van der Waals surface area contributed by atoms with Gasteiger partial charge >= 0.3 is 6.09 Å². The number of hydrogen-bond acceptors (Lipinski definition) is 9. The lowest BCUT2D eigenvalue weighted by molar-refractivity contribution is -0.0445. The van der Waals surface area contributed by atoms with Gasteiger partial charge in [0.15, 0.2) is 17.9 Å². The number of carbonyl (C=O) groups excluding carboxylic acids is 1. The summed E-state index contributed by atoms with van der Waals surface area (Å²) in [5.74, 6) is -0.319. The Kier molecular flexibility index (Phi) is 7.32. The minimum atomic E-state index is -0.703. The molecule has 2 atom stereocenters. The van der Waals surface area contributed by atoms with Crippen molar-refractivity contribution in [2.45, 2.75) is 39.3 Å². The van der Waals surface area contributed by atoms with E-state index in [1.165, 1.54) is 4.90 Å². The number of hydrogen-bond donors (Lipinski definition) is 0. The molecule has 0 N–H and O–H groups in total. The van der Waals surface area contributed by atoms with Crippen molar-refractivity contribution in [2.75, 3.05) is 63.0 Å². The lowest BCUT2D eigenvalue weighted by Crippen LogP contribution is -2.46. The molecule has 33 heavy (non-hydrogen) atoms. The average molecular weight is 467 g/mol. The Morgan fingerprint density at radius 1 is 1.18 bits per heavy atom. The van der Waals surface area contributed by atoms with E-state index in [9.17, 15) is 4.79 Å². The van der Waals surface area contributed by atoms with Crippen molar-refractivity contribution in [3.63, 3.8) is 0 Å². The Hall–Kier alpha value is -2.47. The number of halogens is 1. The molecule has 11 heteroatoms. The number of fused-ring (bicyclic) bond motifs is 1. The number of amides is 1. The van der Waals surface area contributed by atoms with Crippen LogP contribution in [-0.4, -0.2) is 76.6 Å². The van der Waals surface area contributed by atoms with E-state index in [0.29, 0.717) is 49.5 Å². The van der Waals surface area contributed by atoms with Gasteiger partial charge in [-0.25, -0.2) is 9.18 Å². The van der Waals surface area contributed by atoms with Crippen LogP contribution in [0.25, 0.3) is 11.0 Å². The second kappa shape index (κ2) is 10.2. The predicted octanol–water partition coefficient (Wildman–Crippen LogP) is 3.24. The van der Waals surface area contributed by atoms with Crippen LogP contribution in [0, 0.1) is 5.82 Å². The maximum atomic E-state index is 15.8. The van der Waals surface area contributed by atoms with Crippen LogP contribution >= 0.6 is 0 Å². The molecule has 0 unspecified atom stereocenters. The summed E-state index contributed by atoms with van der Waals surface area (Å²) in [5, 5.41) is 4.34. The number of cyclic esters (lactones) is 1. The normalized spacial score (nSPS) is 23.7. The molecule has 2 aromatic rings. The molecular formula is C22H30FN3O7. The third kappa shape index (κ3) is 4.77. The van der Waals surface area contributed by atoms with Crippen LogP contribution in [0.15, 0.2) is 10.6 Å². The van der Waals surface area contributed by atoms with Crippen molar-refractivity contribution in [1.29, 1.82) is 0 Å². The fourth-order valence-corrected chi connectivity index (χ4v) is 4.22. The van der Waals surface area contributed by atoms with Gasteiger partial charge in [0.2, 0.25) is 5.58 Å². The van der Waals surface area contributed by atoms with Crippen molar-refractivity contribution >= 4 is 28.6 Å². The van der Waals surface area contributed by atoms with E-state index in [4.69, 9.17) is 23.5 Å². The van der Waals surface area contributed by atoms with Crippen molar-refractivity contribution in [3.8, 4) is 0 Å². The number of nitrogens with zero attached hydrogens (tertiary/aromatic N) is 3. The van der Waals surface area contributed by atoms with Crippen molar-refractivity contribution in [2.24, 2.45) is 0 Å². The molecule has 182 valence electrons. The minimum Gasteiger partial charge on any atom is -0.447 e. The molecule has 0 bridgehead atoms. The molecule has 3 aliphatic rings. The van der Waals surface area contributed by atoms with Gasteiger partial charge in [0.25, 0.3) is 0 Å². The largest absolute Gasteiger partial charge is 0.447 e. The van der Waals surface area contributed by atoms with E-state index in [0.717, 1.165) is 6.61 Å². The molecule has 3 saturated heterocycles. The molecule has 0 aliphatic carbocycles. The smallest absolute Gasteiger partial charge is 0.415 e. The lowest BCUT2D eigenvalue weighted by atomic mass is 10.1. The van der Waals surface area contributed by atoms with Crippen LogP contribution in [0.4, 0.5) is 20.7 Å². The fourth-order valence-electron chi connectivity index (χ4n) is 4.22. The number of anilines is 2. The first kappa shape index (κ1) is 23.7. The summed E-state index contributed by atoms with van der Waals surface area (Å²) in [6, 6.07) is 1.74. The number of ether oxygens (including phenoxy) is 5. The molecule has 4 heterocycles. The van der Waals surface area contributed by atoms with Gasteiger partial charge in [-0.3, -0.25) is 4.90 Å². The molecule has 0 spiro atoms. The summed E-state index contributed by atoms with van der Waals surface area (Å²) in [4.78, 5) is 15.3. The van der Waals surface area contributed by atoms with Crippen LogP contribution < -0.4 is 9.80 Å². The lowest BCUT2D eigenvalue weighted by Gasteiger charge is -2.38. The van der Waals surface area contributed by atoms with E-state index in [-0.39, 0.29) is 30.2 Å². The van der Waals surface area contributed by atoms with Gasteiger partial charge in [-0.2, -0.15) is 0 Å². The van der Waals surface area contributed by atoms with E-state index >= 15 is 4.39 Å². The quantitative estimate of drug-likeness (QED) is 0.671. The van der Waals surface area contributed by atoms with Gasteiger partial charge in [-0.1, -0.05) is 5.16 Å². The molecule has 1 amide bonds. The Morgan fingerprint density at radius 3 is 2.42 bits per heavy atom. The molecular weight excluding hydrogens is 437 g/mol. The maximum absolute atomic E-state index is 15.8. The van der Waals surface area contributed by atoms with Crippen molar-refractivity contribution in [1.82, 2.24) is 5.16 Å². The number of carbonyl (C=O) groups is 1. The van der Waals surface area contributed by atoms with Crippen LogP contribution in [0.3, 0.4) is 0 Å². The zero-order chi connectivity index (χ0) is 23.5. The first-order valence-corrected chi connectivity index (χ1v) is 11.1. The SMILES string of the molecule is CCOC.C[C@@H]1CN(c2c(C3OCCO3)cc3c(N4CCOC4=O)noc3c2F)C[C@@H](C)O1. The van der Waals surface area contributed by atoms with Crippen LogP contribution in [0.1, 0.15) is 32.6 Å². The predicted molar refractivity (Wildman–Crippen MR) is 117 cm³/mol. The summed E-state index contributed by atoms with van der Waals surface area (Å²) in [5.41, 5.74) is 0.896. The molecule has 0 saturated carbocycles. The zero-order valence-electron chi connectivity index (χ0n) is 19.3. The highest BCUT2D eigenvalue weighted by molar-refractivity contribution is 6.00. The zero-order valence-corrected chi connectivity index (χ0v) is 19.3. The molecule has 0 radical (unpaired) electrons. The Morgan fingerprint density at radius 2 is 1.85 bits per heavy atom. The third-order valence-electron chi connectivity index (χ3n) is 5.61. The summed E-state index contributed by atoms with van der Waals surface area (Å²) in [6.45, 7) is 9.15. The van der Waals surface area contributed by atoms with Gasteiger partial charge in [-0.05, 0) is 26.8 Å². The Balaban J connectivity index is 0.000000601. The van der Waals surface area contributed by atoms with Crippen molar-refractivity contribution in [3.05, 3.63) is 17.4 Å². The molecule has 10 nitrogen and oxygen atoms in total. The summed E-state index contributed by atoms with van der Waals surface area (Å²) in [7, 11) is 1.68. The standard InChI is InChI=1S/C19H22FN3O6.C3H8O/c1-10-8-22(9-11(2)28-10)15-12(18-25-5-6-26-18)7-13-16(14(15)20)29-21-17(13)23-3-4-27-19(23)24;1-3-4-2/h7,10-11,18H,3-6,8-9H2,1-2H3;3H2,1-2H3/t10-,11-;/m1./s1. The monoisotopic (exact) mass is 467 g/mol. The fraction of sp³-hybridized carbons (Fsp3) is 0.636. The van der Waals surface area contributed by atoms with E-state index < -0.39 is 18.2 Å². The minimum absolute atomic E-state index is 0.0109. The first-order chi connectivity index (χ1) is 15.9. The van der Waals surface area contributed by atoms with Gasteiger partial charge in [-0.15, -0.1) is 0 Å².